The van der Waals surface area contributed by atoms with E-state index in [1.54, 1.807) is 41.5 Å². The summed E-state index contributed by atoms with van der Waals surface area (Å²) in [6, 6.07) is 6.37. The highest BCUT2D eigenvalue weighted by Crippen LogP contribution is 2.21. The van der Waals surface area contributed by atoms with E-state index in [9.17, 15) is 19.2 Å². The van der Waals surface area contributed by atoms with Gasteiger partial charge in [0.2, 0.25) is 5.91 Å². The van der Waals surface area contributed by atoms with Crippen molar-refractivity contribution in [3.8, 4) is 0 Å². The minimum Gasteiger partial charge on any atom is -0.383 e. The van der Waals surface area contributed by atoms with Gasteiger partial charge in [-0.2, -0.15) is 0 Å². The molecule has 2 heterocycles. The fourth-order valence-corrected chi connectivity index (χ4v) is 3.54. The van der Waals surface area contributed by atoms with Crippen LogP contribution in [0.3, 0.4) is 0 Å². The number of nitrogens with two attached hydrogens (primary N) is 1. The first-order valence-electron chi connectivity index (χ1n) is 11.1. The monoisotopic (exact) mass is 483 g/mol. The molecular formula is C23H29N7O5. The molecule has 0 aliphatic carbocycles. The van der Waals surface area contributed by atoms with Crippen LogP contribution in [-0.2, 0) is 22.6 Å². The van der Waals surface area contributed by atoms with Crippen molar-refractivity contribution in [1.29, 1.82) is 0 Å². The molecule has 12 heteroatoms. The van der Waals surface area contributed by atoms with Gasteiger partial charge < -0.3 is 20.4 Å². The van der Waals surface area contributed by atoms with Crippen molar-refractivity contribution >= 4 is 29.0 Å². The number of methoxy groups -OCH3 is 1. The van der Waals surface area contributed by atoms with E-state index < -0.39 is 17.2 Å². The Balaban J connectivity index is 1.87. The van der Waals surface area contributed by atoms with Gasteiger partial charge in [0, 0.05) is 56.8 Å². The van der Waals surface area contributed by atoms with E-state index in [-0.39, 0.29) is 49.1 Å². The number of H-pyrrole nitrogens is 1. The molecule has 3 aromatic rings. The van der Waals surface area contributed by atoms with Crippen LogP contribution in [0.2, 0.25) is 0 Å². The van der Waals surface area contributed by atoms with Crippen molar-refractivity contribution in [2.24, 2.45) is 0 Å². The predicted molar refractivity (Wildman–Crippen MR) is 131 cm³/mol. The normalized spacial score (nSPS) is 10.8. The zero-order valence-electron chi connectivity index (χ0n) is 19.7. The summed E-state index contributed by atoms with van der Waals surface area (Å²) in [5, 5.41) is 2.77. The first kappa shape index (κ1) is 25.4. The standard InChI is InChI=1S/C23H29N7O5/c1-3-9-30-20(24)19(21(32)27-23(30)34)29(12-13-35-2)22(33)16-5-4-6-17(14-16)26-18(31)7-10-28-11-8-25-15-28/h4-6,8,11,14-15H,3,7,9-10,12-13,24H2,1-2H3,(H,26,31)(H,27,32,34). The van der Waals surface area contributed by atoms with Crippen molar-refractivity contribution in [3.63, 3.8) is 0 Å². The van der Waals surface area contributed by atoms with Gasteiger partial charge in [0.1, 0.15) is 5.82 Å². The molecule has 0 bridgehead atoms. The molecule has 2 aromatic heterocycles. The number of anilines is 3. The average molecular weight is 484 g/mol. The molecule has 0 aliphatic heterocycles. The number of carbonyl (C=O) groups excluding carboxylic acids is 2. The molecule has 0 aliphatic rings. The Kier molecular flexibility index (Phi) is 8.57. The number of carbonyl (C=O) groups is 2. The molecular weight excluding hydrogens is 454 g/mol. The maximum atomic E-state index is 13.5. The van der Waals surface area contributed by atoms with Gasteiger partial charge >= 0.3 is 5.69 Å². The second-order valence-electron chi connectivity index (χ2n) is 7.77. The average Bonchev–Trinajstić information content (AvgIpc) is 3.36. The molecule has 0 radical (unpaired) electrons. The fourth-order valence-electron chi connectivity index (χ4n) is 3.54. The van der Waals surface area contributed by atoms with E-state index in [1.807, 2.05) is 6.92 Å². The number of aryl methyl sites for hydroxylation is 1. The SMILES string of the molecule is CCCn1c(N)c(N(CCOC)C(=O)c2cccc(NC(=O)CCn3ccnc3)c2)c(=O)[nH]c1=O. The summed E-state index contributed by atoms with van der Waals surface area (Å²) in [5.74, 6) is -0.864. The van der Waals surface area contributed by atoms with Crippen molar-refractivity contribution < 1.29 is 14.3 Å². The Bertz CT molecular complexity index is 1280. The lowest BCUT2D eigenvalue weighted by molar-refractivity contribution is -0.116. The molecule has 4 N–H and O–H groups in total. The van der Waals surface area contributed by atoms with Crippen LogP contribution in [0.15, 0.2) is 52.6 Å². The van der Waals surface area contributed by atoms with Crippen molar-refractivity contribution in [1.82, 2.24) is 19.1 Å². The van der Waals surface area contributed by atoms with Gasteiger partial charge in [-0.05, 0) is 24.6 Å². The van der Waals surface area contributed by atoms with Crippen LogP contribution in [-0.4, -0.2) is 51.2 Å². The number of hydrogen-bond acceptors (Lipinski definition) is 7. The zero-order valence-corrected chi connectivity index (χ0v) is 19.7. The number of nitrogens with zero attached hydrogens (tertiary/aromatic N) is 4. The maximum absolute atomic E-state index is 13.5. The molecule has 0 spiro atoms. The van der Waals surface area contributed by atoms with E-state index in [4.69, 9.17) is 10.5 Å². The van der Waals surface area contributed by atoms with Crippen molar-refractivity contribution in [2.45, 2.75) is 32.9 Å². The quantitative estimate of drug-likeness (QED) is 0.368. The van der Waals surface area contributed by atoms with Crippen LogP contribution in [0.1, 0.15) is 30.1 Å². The molecule has 0 saturated carbocycles. The predicted octanol–water partition coefficient (Wildman–Crippen LogP) is 1.05. The highest BCUT2D eigenvalue weighted by Gasteiger charge is 2.25. The van der Waals surface area contributed by atoms with Gasteiger partial charge in [0.25, 0.3) is 11.5 Å². The Morgan fingerprint density at radius 3 is 2.74 bits per heavy atom. The molecule has 0 fully saturated rings. The van der Waals surface area contributed by atoms with Gasteiger partial charge in [0.15, 0.2) is 5.69 Å². The fraction of sp³-hybridized carbons (Fsp3) is 0.348. The maximum Gasteiger partial charge on any atom is 0.330 e. The van der Waals surface area contributed by atoms with Crippen molar-refractivity contribution in [3.05, 3.63) is 69.4 Å². The molecule has 0 saturated heterocycles. The lowest BCUT2D eigenvalue weighted by atomic mass is 10.1. The molecule has 0 unspecified atom stereocenters. The van der Waals surface area contributed by atoms with E-state index in [0.29, 0.717) is 18.7 Å². The third-order valence-electron chi connectivity index (χ3n) is 5.24. The first-order valence-corrected chi connectivity index (χ1v) is 11.1. The number of benzene rings is 1. The van der Waals surface area contributed by atoms with Gasteiger partial charge in [-0.3, -0.25) is 28.8 Å². The van der Waals surface area contributed by atoms with Gasteiger partial charge in [0.05, 0.1) is 12.9 Å². The second-order valence-corrected chi connectivity index (χ2v) is 7.77. The van der Waals surface area contributed by atoms with Crippen molar-refractivity contribution in [2.75, 3.05) is 36.2 Å². The summed E-state index contributed by atoms with van der Waals surface area (Å²) in [7, 11) is 1.47. The van der Waals surface area contributed by atoms with E-state index in [1.165, 1.54) is 22.6 Å². The highest BCUT2D eigenvalue weighted by atomic mass is 16.5. The first-order chi connectivity index (χ1) is 16.8. The Hall–Kier alpha value is -4.19. The minimum atomic E-state index is -0.770. The molecule has 35 heavy (non-hydrogen) atoms. The lowest BCUT2D eigenvalue weighted by Gasteiger charge is -2.24. The summed E-state index contributed by atoms with van der Waals surface area (Å²) in [5.41, 5.74) is 5.28. The molecule has 0 atom stereocenters. The topological polar surface area (TPSA) is 157 Å². The number of aromatic nitrogens is 4. The lowest BCUT2D eigenvalue weighted by Crippen LogP contribution is -2.42. The number of ether oxygens (including phenoxy) is 1. The van der Waals surface area contributed by atoms with E-state index in [2.05, 4.69) is 15.3 Å². The minimum absolute atomic E-state index is 0.0223. The Morgan fingerprint density at radius 2 is 2.06 bits per heavy atom. The van der Waals surface area contributed by atoms with E-state index in [0.717, 1.165) is 0 Å². The third-order valence-corrected chi connectivity index (χ3v) is 5.24. The van der Waals surface area contributed by atoms with Gasteiger partial charge in [-0.25, -0.2) is 9.78 Å². The summed E-state index contributed by atoms with van der Waals surface area (Å²) in [6.07, 6.45) is 5.84. The number of amides is 2. The molecule has 1 aromatic carbocycles. The molecule has 2 amide bonds. The molecule has 12 nitrogen and oxygen atoms in total. The second kappa shape index (κ2) is 11.8. The molecule has 186 valence electrons. The molecule has 3 rings (SSSR count). The summed E-state index contributed by atoms with van der Waals surface area (Å²) < 4.78 is 8.12. The smallest absolute Gasteiger partial charge is 0.330 e. The Labute approximate surface area is 201 Å². The summed E-state index contributed by atoms with van der Waals surface area (Å²) in [6.45, 7) is 2.75. The van der Waals surface area contributed by atoms with Crippen LogP contribution in [0.4, 0.5) is 17.2 Å². The van der Waals surface area contributed by atoms with Crippen LogP contribution in [0, 0.1) is 0 Å². The number of hydrogen-bond donors (Lipinski definition) is 3. The zero-order chi connectivity index (χ0) is 25.4. The van der Waals surface area contributed by atoms with E-state index >= 15 is 0 Å². The van der Waals surface area contributed by atoms with Crippen LogP contribution < -0.4 is 27.2 Å². The highest BCUT2D eigenvalue weighted by molar-refractivity contribution is 6.08. The van der Waals surface area contributed by atoms with Crippen LogP contribution in [0.25, 0.3) is 0 Å². The largest absolute Gasteiger partial charge is 0.383 e. The summed E-state index contributed by atoms with van der Waals surface area (Å²) >= 11 is 0. The number of imidazole rings is 1. The van der Waals surface area contributed by atoms with Gasteiger partial charge in [-0.15, -0.1) is 0 Å². The summed E-state index contributed by atoms with van der Waals surface area (Å²) in [4.78, 5) is 58.1. The number of nitrogens with one attached hydrogen (secondary N) is 2. The van der Waals surface area contributed by atoms with Gasteiger partial charge in [-0.1, -0.05) is 13.0 Å². The third kappa shape index (κ3) is 6.23. The Morgan fingerprint density at radius 1 is 1.26 bits per heavy atom. The van der Waals surface area contributed by atoms with Crippen LogP contribution in [0.5, 0.6) is 0 Å². The number of rotatable bonds is 11. The van der Waals surface area contributed by atoms with Crippen LogP contribution >= 0.6 is 0 Å². The number of nitrogen functional groups attached to an aromatic ring is 1. The number of aromatic amines is 1.